The van der Waals surface area contributed by atoms with Gasteiger partial charge in [0, 0.05) is 0 Å². The zero-order valence-electron chi connectivity index (χ0n) is 9.90. The highest BCUT2D eigenvalue weighted by Crippen LogP contribution is 2.31. The predicted molar refractivity (Wildman–Crippen MR) is 80.8 cm³/mol. The lowest BCUT2D eigenvalue weighted by atomic mass is 10.3. The first kappa shape index (κ1) is 15.1. The van der Waals surface area contributed by atoms with Crippen LogP contribution in [0.15, 0.2) is 45.8 Å². The van der Waals surface area contributed by atoms with Crippen LogP contribution in [0.4, 0.5) is 15.8 Å². The number of nitrogens with one attached hydrogen (secondary N) is 1. The van der Waals surface area contributed by atoms with E-state index in [1.165, 1.54) is 0 Å². The molecule has 3 N–H and O–H groups in total. The summed E-state index contributed by atoms with van der Waals surface area (Å²) in [5, 5.41) is 0.365. The number of hydrogen-bond acceptors (Lipinski definition) is 3. The second kappa shape index (κ2) is 5.59. The minimum absolute atomic E-state index is 0.136. The SMILES string of the molecule is Nc1cc(S(=O)(=O)Nc2cccc(Cl)c2Br)ccc1F. The van der Waals surface area contributed by atoms with E-state index in [4.69, 9.17) is 17.3 Å². The summed E-state index contributed by atoms with van der Waals surface area (Å²) in [5.41, 5.74) is 5.41. The van der Waals surface area contributed by atoms with Crippen LogP contribution in [0.3, 0.4) is 0 Å². The smallest absolute Gasteiger partial charge is 0.262 e. The third-order valence-electron chi connectivity index (χ3n) is 2.47. The van der Waals surface area contributed by atoms with Crippen molar-refractivity contribution in [2.75, 3.05) is 10.5 Å². The van der Waals surface area contributed by atoms with Gasteiger partial charge in [-0.1, -0.05) is 17.7 Å². The second-order valence-electron chi connectivity index (χ2n) is 3.89. The Labute approximate surface area is 128 Å². The van der Waals surface area contributed by atoms with Crippen LogP contribution >= 0.6 is 27.5 Å². The molecule has 4 nitrogen and oxygen atoms in total. The monoisotopic (exact) mass is 378 g/mol. The van der Waals surface area contributed by atoms with E-state index in [2.05, 4.69) is 20.7 Å². The van der Waals surface area contributed by atoms with E-state index in [9.17, 15) is 12.8 Å². The maximum absolute atomic E-state index is 13.1. The van der Waals surface area contributed by atoms with Gasteiger partial charge in [-0.15, -0.1) is 0 Å². The van der Waals surface area contributed by atoms with Gasteiger partial charge in [0.05, 0.1) is 25.8 Å². The van der Waals surface area contributed by atoms with Gasteiger partial charge in [-0.25, -0.2) is 12.8 Å². The zero-order chi connectivity index (χ0) is 14.9. The van der Waals surface area contributed by atoms with Crippen molar-refractivity contribution >= 4 is 48.9 Å². The fraction of sp³-hybridized carbons (Fsp3) is 0. The number of rotatable bonds is 3. The minimum Gasteiger partial charge on any atom is -0.396 e. The number of benzene rings is 2. The van der Waals surface area contributed by atoms with Crippen molar-refractivity contribution in [2.45, 2.75) is 4.90 Å². The molecular weight excluding hydrogens is 371 g/mol. The van der Waals surface area contributed by atoms with Crippen molar-refractivity contribution < 1.29 is 12.8 Å². The van der Waals surface area contributed by atoms with E-state index in [1.807, 2.05) is 0 Å². The molecule has 0 aliphatic carbocycles. The Balaban J connectivity index is 2.41. The molecule has 0 saturated carbocycles. The van der Waals surface area contributed by atoms with Crippen LogP contribution in [0.2, 0.25) is 5.02 Å². The summed E-state index contributed by atoms with van der Waals surface area (Å²) in [6.07, 6.45) is 0. The van der Waals surface area contributed by atoms with Gasteiger partial charge in [0.1, 0.15) is 5.82 Å². The topological polar surface area (TPSA) is 72.2 Å². The maximum Gasteiger partial charge on any atom is 0.262 e. The molecule has 106 valence electrons. The first-order valence-corrected chi connectivity index (χ1v) is 7.98. The highest BCUT2D eigenvalue weighted by Gasteiger charge is 2.17. The van der Waals surface area contributed by atoms with Crippen molar-refractivity contribution in [3.63, 3.8) is 0 Å². The molecule has 0 aliphatic heterocycles. The molecule has 0 heterocycles. The lowest BCUT2D eigenvalue weighted by molar-refractivity contribution is 0.600. The van der Waals surface area contributed by atoms with Crippen LogP contribution in [-0.2, 0) is 10.0 Å². The molecule has 8 heteroatoms. The fourth-order valence-electron chi connectivity index (χ4n) is 1.48. The van der Waals surface area contributed by atoms with Crippen LogP contribution in [-0.4, -0.2) is 8.42 Å². The standard InChI is InChI=1S/C12H9BrClFN2O2S/c13-12-8(14)2-1-3-11(12)17-20(18,19)7-4-5-9(15)10(16)6-7/h1-6,17H,16H2. The highest BCUT2D eigenvalue weighted by molar-refractivity contribution is 9.10. The van der Waals surface area contributed by atoms with Gasteiger partial charge in [-0.05, 0) is 46.3 Å². The van der Waals surface area contributed by atoms with Crippen LogP contribution in [0.25, 0.3) is 0 Å². The molecule has 2 aromatic carbocycles. The largest absolute Gasteiger partial charge is 0.396 e. The lowest BCUT2D eigenvalue weighted by Crippen LogP contribution is -2.14. The quantitative estimate of drug-likeness (QED) is 0.800. The summed E-state index contributed by atoms with van der Waals surface area (Å²) >= 11 is 9.07. The Morgan fingerprint density at radius 1 is 1.25 bits per heavy atom. The van der Waals surface area contributed by atoms with Gasteiger partial charge < -0.3 is 5.73 Å². The molecule has 0 aromatic heterocycles. The van der Waals surface area contributed by atoms with E-state index in [0.29, 0.717) is 9.50 Å². The normalized spacial score (nSPS) is 11.3. The summed E-state index contributed by atoms with van der Waals surface area (Å²) in [7, 11) is -3.88. The number of anilines is 2. The van der Waals surface area contributed by atoms with E-state index in [-0.39, 0.29) is 16.3 Å². The van der Waals surface area contributed by atoms with Crippen LogP contribution in [0.1, 0.15) is 0 Å². The number of nitrogen functional groups attached to an aromatic ring is 1. The van der Waals surface area contributed by atoms with E-state index >= 15 is 0 Å². The summed E-state index contributed by atoms with van der Waals surface area (Å²) in [4.78, 5) is -0.136. The Bertz CT molecular complexity index is 768. The predicted octanol–water partition coefficient (Wildman–Crippen LogP) is 3.62. The number of nitrogens with two attached hydrogens (primary N) is 1. The Hall–Kier alpha value is -1.31. The van der Waals surface area contributed by atoms with Gasteiger partial charge in [0.2, 0.25) is 0 Å². The molecule has 0 atom stereocenters. The van der Waals surface area contributed by atoms with Crippen molar-refractivity contribution in [3.8, 4) is 0 Å². The Morgan fingerprint density at radius 2 is 1.95 bits per heavy atom. The first-order chi connectivity index (χ1) is 9.31. The van der Waals surface area contributed by atoms with Crippen LogP contribution in [0, 0.1) is 5.82 Å². The summed E-state index contributed by atoms with van der Waals surface area (Å²) in [5.74, 6) is -0.673. The average Bonchev–Trinajstić information content (AvgIpc) is 2.38. The summed E-state index contributed by atoms with van der Waals surface area (Å²) in [6, 6.07) is 7.93. The molecular formula is C12H9BrClFN2O2S. The molecule has 2 aromatic rings. The third kappa shape index (κ3) is 3.05. The molecule has 0 bridgehead atoms. The van der Waals surface area contributed by atoms with Crippen molar-refractivity contribution in [1.29, 1.82) is 0 Å². The number of halogens is 3. The fourth-order valence-corrected chi connectivity index (χ4v) is 3.25. The van der Waals surface area contributed by atoms with Crippen LogP contribution < -0.4 is 10.5 Å². The molecule has 2 rings (SSSR count). The number of hydrogen-bond donors (Lipinski definition) is 2. The molecule has 0 radical (unpaired) electrons. The van der Waals surface area contributed by atoms with Crippen molar-refractivity contribution in [2.24, 2.45) is 0 Å². The second-order valence-corrected chi connectivity index (χ2v) is 6.77. The first-order valence-electron chi connectivity index (χ1n) is 5.33. The average molecular weight is 380 g/mol. The summed E-state index contributed by atoms with van der Waals surface area (Å²) in [6.45, 7) is 0. The number of sulfonamides is 1. The van der Waals surface area contributed by atoms with E-state index in [0.717, 1.165) is 18.2 Å². The molecule has 0 spiro atoms. The molecule has 0 aliphatic rings. The van der Waals surface area contributed by atoms with Gasteiger partial charge in [-0.3, -0.25) is 4.72 Å². The van der Waals surface area contributed by atoms with Gasteiger partial charge in [0.15, 0.2) is 0 Å². The Morgan fingerprint density at radius 3 is 2.60 bits per heavy atom. The molecule has 0 amide bonds. The van der Waals surface area contributed by atoms with Gasteiger partial charge >= 0.3 is 0 Å². The molecule has 0 saturated heterocycles. The molecule has 0 fully saturated rings. The maximum atomic E-state index is 13.1. The van der Waals surface area contributed by atoms with Gasteiger partial charge in [-0.2, -0.15) is 0 Å². The highest BCUT2D eigenvalue weighted by atomic mass is 79.9. The van der Waals surface area contributed by atoms with Crippen LogP contribution in [0.5, 0.6) is 0 Å². The van der Waals surface area contributed by atoms with E-state index in [1.54, 1.807) is 18.2 Å². The van der Waals surface area contributed by atoms with Gasteiger partial charge in [0.25, 0.3) is 10.0 Å². The third-order valence-corrected chi connectivity index (χ3v) is 5.23. The van der Waals surface area contributed by atoms with Crippen molar-refractivity contribution in [1.82, 2.24) is 0 Å². The Kier molecular flexibility index (Phi) is 4.22. The van der Waals surface area contributed by atoms with Crippen molar-refractivity contribution in [3.05, 3.63) is 51.7 Å². The zero-order valence-corrected chi connectivity index (χ0v) is 13.1. The molecule has 0 unspecified atom stereocenters. The summed E-state index contributed by atoms with van der Waals surface area (Å²) < 4.78 is 40.2. The lowest BCUT2D eigenvalue weighted by Gasteiger charge is -2.11. The minimum atomic E-state index is -3.88. The molecule has 20 heavy (non-hydrogen) atoms. The van der Waals surface area contributed by atoms with E-state index < -0.39 is 15.8 Å².